The fourth-order valence-electron chi connectivity index (χ4n) is 1.89. The summed E-state index contributed by atoms with van der Waals surface area (Å²) in [5.74, 6) is -0.678. The molecule has 0 radical (unpaired) electrons. The van der Waals surface area contributed by atoms with Gasteiger partial charge in [-0.1, -0.05) is 23.7 Å². The molecular weight excluding hydrogens is 256 g/mol. The van der Waals surface area contributed by atoms with E-state index in [0.29, 0.717) is 21.6 Å². The third kappa shape index (κ3) is 2.07. The summed E-state index contributed by atoms with van der Waals surface area (Å²) in [6.07, 6.45) is -1.33. The smallest absolute Gasteiger partial charge is 0.339 e. The maximum absolute atomic E-state index is 11.6. The van der Waals surface area contributed by atoms with Crippen LogP contribution in [-0.4, -0.2) is 27.5 Å². The Balaban J connectivity index is 2.54. The maximum Gasteiger partial charge on any atom is 0.339 e. The van der Waals surface area contributed by atoms with E-state index in [2.05, 4.69) is 5.10 Å². The summed E-state index contributed by atoms with van der Waals surface area (Å²) in [7, 11) is 1.70. The van der Waals surface area contributed by atoms with Crippen LogP contribution in [0.5, 0.6) is 0 Å². The zero-order chi connectivity index (χ0) is 13.3. The van der Waals surface area contributed by atoms with E-state index in [1.807, 2.05) is 0 Å². The van der Waals surface area contributed by atoms with Crippen molar-refractivity contribution in [1.29, 1.82) is 0 Å². The molecule has 0 aliphatic heterocycles. The van der Waals surface area contributed by atoms with E-state index in [9.17, 15) is 9.90 Å². The van der Waals surface area contributed by atoms with Crippen LogP contribution in [0.15, 0.2) is 18.2 Å². The van der Waals surface area contributed by atoms with Crippen LogP contribution in [0, 0.1) is 0 Å². The van der Waals surface area contributed by atoms with E-state index in [1.165, 1.54) is 4.68 Å². The highest BCUT2D eigenvalue weighted by Gasteiger charge is 2.23. The van der Waals surface area contributed by atoms with Crippen LogP contribution in [0.25, 0.3) is 10.9 Å². The third-order valence-electron chi connectivity index (χ3n) is 2.66. The molecule has 96 valence electrons. The van der Waals surface area contributed by atoms with E-state index in [1.54, 1.807) is 32.2 Å². The van der Waals surface area contributed by atoms with Gasteiger partial charge in [0, 0.05) is 18.0 Å². The lowest BCUT2D eigenvalue weighted by molar-refractivity contribution is -0.153. The van der Waals surface area contributed by atoms with Gasteiger partial charge in [0.25, 0.3) is 0 Å². The van der Waals surface area contributed by atoms with Crippen molar-refractivity contribution < 1.29 is 14.6 Å². The molecule has 0 saturated heterocycles. The van der Waals surface area contributed by atoms with Gasteiger partial charge in [-0.25, -0.2) is 4.79 Å². The Bertz CT molecular complexity index is 594. The number of benzene rings is 1. The number of aliphatic hydroxyl groups is 1. The number of carbonyl (C=O) groups is 1. The molecule has 0 bridgehead atoms. The van der Waals surface area contributed by atoms with Crippen LogP contribution in [-0.2, 0) is 16.6 Å². The molecule has 1 unspecified atom stereocenters. The Morgan fingerprint density at radius 3 is 3.00 bits per heavy atom. The Hall–Kier alpha value is -1.59. The first-order valence-electron chi connectivity index (χ1n) is 5.52. The van der Waals surface area contributed by atoms with Crippen LogP contribution in [0.3, 0.4) is 0 Å². The summed E-state index contributed by atoms with van der Waals surface area (Å²) in [5, 5.41) is 15.1. The first kappa shape index (κ1) is 12.9. The quantitative estimate of drug-likeness (QED) is 0.863. The van der Waals surface area contributed by atoms with Gasteiger partial charge in [0.05, 0.1) is 12.1 Å². The lowest BCUT2D eigenvalue weighted by atomic mass is 10.1. The molecule has 0 aliphatic carbocycles. The van der Waals surface area contributed by atoms with Crippen molar-refractivity contribution in [2.75, 3.05) is 6.61 Å². The summed E-state index contributed by atoms with van der Waals surface area (Å²) in [6.45, 7) is 1.91. The van der Waals surface area contributed by atoms with Crippen molar-refractivity contribution >= 4 is 28.5 Å². The molecule has 2 rings (SSSR count). The van der Waals surface area contributed by atoms with Crippen LogP contribution < -0.4 is 0 Å². The maximum atomic E-state index is 11.6. The number of aliphatic hydroxyl groups excluding tert-OH is 1. The highest BCUT2D eigenvalue weighted by atomic mass is 35.5. The predicted octanol–water partition coefficient (Wildman–Crippen LogP) is 1.82. The van der Waals surface area contributed by atoms with Crippen LogP contribution in [0.4, 0.5) is 0 Å². The summed E-state index contributed by atoms with van der Waals surface area (Å²) in [6, 6.07) is 5.15. The molecule has 5 nitrogen and oxygen atoms in total. The van der Waals surface area contributed by atoms with Gasteiger partial charge in [-0.15, -0.1) is 0 Å². The number of ether oxygens (including phenoxy) is 1. The minimum Gasteiger partial charge on any atom is -0.464 e. The first-order chi connectivity index (χ1) is 8.56. The van der Waals surface area contributed by atoms with Gasteiger partial charge in [-0.2, -0.15) is 5.10 Å². The second-order valence-corrected chi connectivity index (χ2v) is 4.17. The molecule has 1 aromatic heterocycles. The lowest BCUT2D eigenvalue weighted by Crippen LogP contribution is -2.16. The van der Waals surface area contributed by atoms with Crippen molar-refractivity contribution in [3.05, 3.63) is 28.9 Å². The molecule has 1 heterocycles. The fraction of sp³-hybridized carbons (Fsp3) is 0.333. The second-order valence-electron chi connectivity index (χ2n) is 3.81. The largest absolute Gasteiger partial charge is 0.464 e. The van der Waals surface area contributed by atoms with Gasteiger partial charge in [0.1, 0.15) is 0 Å². The number of rotatable bonds is 3. The number of para-hydroxylation sites is 1. The normalized spacial score (nSPS) is 12.7. The number of fused-ring (bicyclic) bond motifs is 1. The first-order valence-corrected chi connectivity index (χ1v) is 5.89. The van der Waals surface area contributed by atoms with Gasteiger partial charge in [-0.3, -0.25) is 4.68 Å². The molecular formula is C12H13ClN2O3. The van der Waals surface area contributed by atoms with Gasteiger partial charge in [-0.05, 0) is 13.0 Å². The zero-order valence-electron chi connectivity index (χ0n) is 10.1. The summed E-state index contributed by atoms with van der Waals surface area (Å²) in [4.78, 5) is 11.6. The number of esters is 1. The molecule has 0 saturated carbocycles. The lowest BCUT2D eigenvalue weighted by Gasteiger charge is -2.11. The van der Waals surface area contributed by atoms with Crippen molar-refractivity contribution in [1.82, 2.24) is 9.78 Å². The molecule has 18 heavy (non-hydrogen) atoms. The van der Waals surface area contributed by atoms with E-state index < -0.39 is 12.1 Å². The molecule has 1 N–H and O–H groups in total. The average molecular weight is 269 g/mol. The standard InChI is InChI=1S/C12H13ClN2O3/c1-3-18-12(17)10(16)7-5-4-6-8-9(7)15(2)14-11(8)13/h4-6,10,16H,3H2,1-2H3. The van der Waals surface area contributed by atoms with E-state index in [4.69, 9.17) is 16.3 Å². The molecule has 0 aliphatic rings. The number of aromatic nitrogens is 2. The molecule has 0 fully saturated rings. The fourth-order valence-corrected chi connectivity index (χ4v) is 2.16. The van der Waals surface area contributed by atoms with Gasteiger partial charge in [0.15, 0.2) is 11.3 Å². The number of hydrogen-bond acceptors (Lipinski definition) is 4. The van der Waals surface area contributed by atoms with Crippen molar-refractivity contribution in [2.45, 2.75) is 13.0 Å². The minimum absolute atomic E-state index is 0.220. The van der Waals surface area contributed by atoms with E-state index in [0.717, 1.165) is 0 Å². The topological polar surface area (TPSA) is 64.3 Å². The summed E-state index contributed by atoms with van der Waals surface area (Å²) in [5.41, 5.74) is 1.07. The Morgan fingerprint density at radius 2 is 2.33 bits per heavy atom. The Labute approximate surface area is 109 Å². The number of nitrogens with zero attached hydrogens (tertiary/aromatic N) is 2. The predicted molar refractivity (Wildman–Crippen MR) is 67.3 cm³/mol. The molecule has 0 spiro atoms. The number of halogens is 1. The second kappa shape index (κ2) is 4.96. The summed E-state index contributed by atoms with van der Waals surface area (Å²) >= 11 is 5.97. The van der Waals surface area contributed by atoms with Gasteiger partial charge < -0.3 is 9.84 Å². The zero-order valence-corrected chi connectivity index (χ0v) is 10.8. The molecule has 6 heteroatoms. The van der Waals surface area contributed by atoms with Crippen LogP contribution in [0.2, 0.25) is 5.15 Å². The monoisotopic (exact) mass is 268 g/mol. The molecule has 1 aromatic carbocycles. The van der Waals surface area contributed by atoms with E-state index >= 15 is 0 Å². The molecule has 2 aromatic rings. The van der Waals surface area contributed by atoms with Crippen molar-refractivity contribution in [3.8, 4) is 0 Å². The highest BCUT2D eigenvalue weighted by Crippen LogP contribution is 2.29. The van der Waals surface area contributed by atoms with Crippen molar-refractivity contribution in [2.24, 2.45) is 7.05 Å². The molecule has 0 amide bonds. The Morgan fingerprint density at radius 1 is 1.61 bits per heavy atom. The number of aryl methyl sites for hydroxylation is 1. The van der Waals surface area contributed by atoms with Gasteiger partial charge in [0.2, 0.25) is 0 Å². The average Bonchev–Trinajstić information content (AvgIpc) is 2.65. The number of carbonyl (C=O) groups excluding carboxylic acids is 1. The van der Waals surface area contributed by atoms with Crippen LogP contribution in [0.1, 0.15) is 18.6 Å². The third-order valence-corrected chi connectivity index (χ3v) is 2.93. The Kier molecular flexibility index (Phi) is 3.54. The minimum atomic E-state index is -1.33. The summed E-state index contributed by atoms with van der Waals surface area (Å²) < 4.78 is 6.34. The van der Waals surface area contributed by atoms with Crippen molar-refractivity contribution in [3.63, 3.8) is 0 Å². The number of hydrogen-bond donors (Lipinski definition) is 1. The molecule has 1 atom stereocenters. The van der Waals surface area contributed by atoms with Gasteiger partial charge >= 0.3 is 5.97 Å². The van der Waals surface area contributed by atoms with Crippen LogP contribution >= 0.6 is 11.6 Å². The van der Waals surface area contributed by atoms with E-state index in [-0.39, 0.29) is 6.61 Å². The highest BCUT2D eigenvalue weighted by molar-refractivity contribution is 6.34. The SMILES string of the molecule is CCOC(=O)C(O)c1cccc2c(Cl)nn(C)c12.